The SMILES string of the molecule is CC(C)[C@@H](CNC(=O)N1CCS(=O)(=O)C[C@@H]1C)c1ccccc1. The molecule has 1 saturated heterocycles. The highest BCUT2D eigenvalue weighted by Crippen LogP contribution is 2.23. The maximum Gasteiger partial charge on any atom is 0.317 e. The lowest BCUT2D eigenvalue weighted by Crippen LogP contribution is -2.53. The molecule has 0 saturated carbocycles. The molecule has 1 aliphatic rings. The van der Waals surface area contributed by atoms with Gasteiger partial charge in [0, 0.05) is 25.0 Å². The third kappa shape index (κ3) is 4.70. The molecular formula is C17H26N2O3S. The second-order valence-electron chi connectivity index (χ2n) is 6.60. The van der Waals surface area contributed by atoms with Gasteiger partial charge in [-0.1, -0.05) is 44.2 Å². The molecule has 2 amide bonds. The number of rotatable bonds is 4. The van der Waals surface area contributed by atoms with Crippen LogP contribution >= 0.6 is 0 Å². The van der Waals surface area contributed by atoms with Crippen molar-refractivity contribution in [3.05, 3.63) is 35.9 Å². The Balaban J connectivity index is 1.97. The Kier molecular flexibility index (Phi) is 5.68. The summed E-state index contributed by atoms with van der Waals surface area (Å²) in [6, 6.07) is 9.69. The number of hydrogen-bond acceptors (Lipinski definition) is 3. The van der Waals surface area contributed by atoms with Gasteiger partial charge in [-0.05, 0) is 18.4 Å². The molecule has 1 heterocycles. The van der Waals surface area contributed by atoms with Gasteiger partial charge in [-0.2, -0.15) is 0 Å². The molecule has 6 heteroatoms. The summed E-state index contributed by atoms with van der Waals surface area (Å²) in [5, 5.41) is 2.98. The van der Waals surface area contributed by atoms with Crippen LogP contribution in [0.5, 0.6) is 0 Å². The van der Waals surface area contributed by atoms with Crippen LogP contribution < -0.4 is 5.32 Å². The van der Waals surface area contributed by atoms with E-state index in [0.717, 1.165) is 0 Å². The fourth-order valence-corrected chi connectivity index (χ4v) is 4.59. The highest BCUT2D eigenvalue weighted by molar-refractivity contribution is 7.91. The molecule has 1 aromatic carbocycles. The number of carbonyl (C=O) groups is 1. The van der Waals surface area contributed by atoms with Crippen LogP contribution in [0.25, 0.3) is 0 Å². The molecule has 128 valence electrons. The van der Waals surface area contributed by atoms with Gasteiger partial charge in [0.2, 0.25) is 0 Å². The van der Waals surface area contributed by atoms with E-state index in [1.54, 1.807) is 11.8 Å². The standard InChI is InChI=1S/C17H26N2O3S/c1-13(2)16(15-7-5-4-6-8-15)11-18-17(20)19-9-10-23(21,22)12-14(19)3/h4-8,13-14,16H,9-12H2,1-3H3,(H,18,20)/t14-,16+/m0/s1. The van der Waals surface area contributed by atoms with Gasteiger partial charge >= 0.3 is 6.03 Å². The molecule has 23 heavy (non-hydrogen) atoms. The van der Waals surface area contributed by atoms with Crippen molar-refractivity contribution in [1.82, 2.24) is 10.2 Å². The number of hydrogen-bond donors (Lipinski definition) is 1. The summed E-state index contributed by atoms with van der Waals surface area (Å²) in [4.78, 5) is 14.0. The molecule has 5 nitrogen and oxygen atoms in total. The van der Waals surface area contributed by atoms with Crippen molar-refractivity contribution < 1.29 is 13.2 Å². The summed E-state index contributed by atoms with van der Waals surface area (Å²) < 4.78 is 23.2. The molecule has 0 spiro atoms. The monoisotopic (exact) mass is 338 g/mol. The van der Waals surface area contributed by atoms with Gasteiger partial charge in [0.05, 0.1) is 11.5 Å². The van der Waals surface area contributed by atoms with Crippen molar-refractivity contribution in [2.75, 3.05) is 24.6 Å². The van der Waals surface area contributed by atoms with Crippen molar-refractivity contribution in [3.63, 3.8) is 0 Å². The molecule has 0 aromatic heterocycles. The summed E-state index contributed by atoms with van der Waals surface area (Å²) in [5.74, 6) is 0.741. The highest BCUT2D eigenvalue weighted by Gasteiger charge is 2.31. The predicted octanol–water partition coefficient (Wildman–Crippen LogP) is 2.25. The summed E-state index contributed by atoms with van der Waals surface area (Å²) >= 11 is 0. The first-order chi connectivity index (χ1) is 10.8. The normalized spacial score (nSPS) is 21.9. The van der Waals surface area contributed by atoms with Crippen LogP contribution in [0.4, 0.5) is 4.79 Å². The Morgan fingerprint density at radius 2 is 1.96 bits per heavy atom. The fourth-order valence-electron chi connectivity index (χ4n) is 3.04. The third-order valence-electron chi connectivity index (χ3n) is 4.44. The van der Waals surface area contributed by atoms with E-state index >= 15 is 0 Å². The highest BCUT2D eigenvalue weighted by atomic mass is 32.2. The molecular weight excluding hydrogens is 312 g/mol. The minimum atomic E-state index is -3.01. The Morgan fingerprint density at radius 3 is 2.52 bits per heavy atom. The lowest BCUT2D eigenvalue weighted by atomic mass is 9.88. The average molecular weight is 338 g/mol. The van der Waals surface area contributed by atoms with Crippen molar-refractivity contribution >= 4 is 15.9 Å². The number of benzene rings is 1. The maximum atomic E-state index is 12.4. The van der Waals surface area contributed by atoms with Crippen LogP contribution in [-0.4, -0.2) is 50.0 Å². The molecule has 1 aliphatic heterocycles. The number of carbonyl (C=O) groups excluding carboxylic acids is 1. The molecule has 0 aliphatic carbocycles. The van der Waals surface area contributed by atoms with Crippen molar-refractivity contribution in [1.29, 1.82) is 0 Å². The first-order valence-corrected chi connectivity index (χ1v) is 9.92. The fraction of sp³-hybridized carbons (Fsp3) is 0.588. The van der Waals surface area contributed by atoms with Gasteiger partial charge in [0.25, 0.3) is 0 Å². The van der Waals surface area contributed by atoms with E-state index in [9.17, 15) is 13.2 Å². The van der Waals surface area contributed by atoms with Gasteiger partial charge in [-0.3, -0.25) is 0 Å². The second-order valence-corrected chi connectivity index (χ2v) is 8.83. The van der Waals surface area contributed by atoms with Crippen LogP contribution in [0.1, 0.15) is 32.3 Å². The van der Waals surface area contributed by atoms with E-state index in [2.05, 4.69) is 31.3 Å². The van der Waals surface area contributed by atoms with Crippen LogP contribution in [0.15, 0.2) is 30.3 Å². The van der Waals surface area contributed by atoms with E-state index in [1.165, 1.54) is 5.56 Å². The average Bonchev–Trinajstić information content (AvgIpc) is 2.47. The molecule has 2 atom stereocenters. The first-order valence-electron chi connectivity index (χ1n) is 8.10. The van der Waals surface area contributed by atoms with Crippen LogP contribution in [0, 0.1) is 5.92 Å². The van der Waals surface area contributed by atoms with E-state index < -0.39 is 9.84 Å². The van der Waals surface area contributed by atoms with E-state index in [0.29, 0.717) is 12.5 Å². The summed E-state index contributed by atoms with van der Waals surface area (Å²) in [5.41, 5.74) is 1.21. The minimum Gasteiger partial charge on any atom is -0.337 e. The first kappa shape index (κ1) is 17.8. The Bertz CT molecular complexity index is 628. The zero-order chi connectivity index (χ0) is 17.0. The minimum absolute atomic E-state index is 0.0483. The molecule has 1 fully saturated rings. The second kappa shape index (κ2) is 7.34. The van der Waals surface area contributed by atoms with Crippen molar-refractivity contribution in [2.24, 2.45) is 5.92 Å². The third-order valence-corrected chi connectivity index (χ3v) is 6.23. The van der Waals surface area contributed by atoms with E-state index in [4.69, 9.17) is 0 Å². The lowest BCUT2D eigenvalue weighted by molar-refractivity contribution is 0.183. The predicted molar refractivity (Wildman–Crippen MR) is 92.2 cm³/mol. The largest absolute Gasteiger partial charge is 0.337 e. The number of amides is 2. The number of sulfone groups is 1. The van der Waals surface area contributed by atoms with Gasteiger partial charge in [0.1, 0.15) is 0 Å². The van der Waals surface area contributed by atoms with Gasteiger partial charge in [-0.15, -0.1) is 0 Å². The molecule has 0 bridgehead atoms. The van der Waals surface area contributed by atoms with Crippen LogP contribution in [0.3, 0.4) is 0 Å². The summed E-state index contributed by atoms with van der Waals surface area (Å²) in [6.07, 6.45) is 0. The molecule has 0 radical (unpaired) electrons. The van der Waals surface area contributed by atoms with Gasteiger partial charge < -0.3 is 10.2 Å². The summed E-state index contributed by atoms with van der Waals surface area (Å²) in [6.45, 7) is 6.89. The maximum absolute atomic E-state index is 12.4. The Morgan fingerprint density at radius 1 is 1.30 bits per heavy atom. The van der Waals surface area contributed by atoms with E-state index in [-0.39, 0.29) is 36.0 Å². The lowest BCUT2D eigenvalue weighted by Gasteiger charge is -2.34. The zero-order valence-corrected chi connectivity index (χ0v) is 14.8. The smallest absolute Gasteiger partial charge is 0.317 e. The van der Waals surface area contributed by atoms with Gasteiger partial charge in [0.15, 0.2) is 9.84 Å². The Hall–Kier alpha value is -1.56. The Labute approximate surface area is 139 Å². The van der Waals surface area contributed by atoms with Gasteiger partial charge in [-0.25, -0.2) is 13.2 Å². The number of urea groups is 1. The number of nitrogens with one attached hydrogen (secondary N) is 1. The molecule has 0 unspecified atom stereocenters. The summed E-state index contributed by atoms with van der Waals surface area (Å²) in [7, 11) is -3.01. The number of nitrogens with zero attached hydrogens (tertiary/aromatic N) is 1. The quantitative estimate of drug-likeness (QED) is 0.916. The van der Waals surface area contributed by atoms with Crippen molar-refractivity contribution in [3.8, 4) is 0 Å². The topological polar surface area (TPSA) is 66.5 Å². The van der Waals surface area contributed by atoms with Crippen LogP contribution in [0.2, 0.25) is 0 Å². The molecule has 1 aromatic rings. The zero-order valence-electron chi connectivity index (χ0n) is 14.0. The molecule has 1 N–H and O–H groups in total. The van der Waals surface area contributed by atoms with Crippen LogP contribution in [-0.2, 0) is 9.84 Å². The van der Waals surface area contributed by atoms with E-state index in [1.807, 2.05) is 18.2 Å². The molecule has 2 rings (SSSR count). The van der Waals surface area contributed by atoms with Crippen molar-refractivity contribution in [2.45, 2.75) is 32.7 Å².